The molecular weight excluding hydrogens is 298 g/mol. The molecule has 0 aliphatic carbocycles. The van der Waals surface area contributed by atoms with E-state index in [9.17, 15) is 4.79 Å². The van der Waals surface area contributed by atoms with E-state index in [4.69, 9.17) is 5.73 Å². The molecule has 5 heteroatoms. The van der Waals surface area contributed by atoms with Crippen LogP contribution >= 0.6 is 12.4 Å². The lowest BCUT2D eigenvalue weighted by molar-refractivity contribution is -0.120. The van der Waals surface area contributed by atoms with Crippen LogP contribution in [0.2, 0.25) is 0 Å². The lowest BCUT2D eigenvalue weighted by Crippen LogP contribution is -2.42. The molecule has 4 nitrogen and oxygen atoms in total. The Morgan fingerprint density at radius 3 is 2.55 bits per heavy atom. The topological polar surface area (TPSA) is 58.4 Å². The average molecular weight is 326 g/mol. The highest BCUT2D eigenvalue weighted by atomic mass is 35.5. The van der Waals surface area contributed by atoms with Gasteiger partial charge >= 0.3 is 0 Å². The van der Waals surface area contributed by atoms with Gasteiger partial charge in [-0.2, -0.15) is 0 Å². The second kappa shape index (κ2) is 7.95. The number of hydrogen-bond donors (Lipinski definition) is 2. The molecule has 1 saturated heterocycles. The number of nitrogens with zero attached hydrogens (tertiary/aromatic N) is 1. The van der Waals surface area contributed by atoms with Crippen LogP contribution < -0.4 is 11.1 Å². The predicted molar refractivity (Wildman–Crippen MR) is 94.5 cm³/mol. The summed E-state index contributed by atoms with van der Waals surface area (Å²) in [5, 5.41) is 3.00. The fourth-order valence-electron chi connectivity index (χ4n) is 2.80. The maximum Gasteiger partial charge on any atom is 0.241 e. The summed E-state index contributed by atoms with van der Waals surface area (Å²) < 4.78 is 0. The normalized spacial score (nSPS) is 22.9. The summed E-state index contributed by atoms with van der Waals surface area (Å²) in [6.07, 6.45) is 2.07. The third-order valence-corrected chi connectivity index (χ3v) is 4.64. The van der Waals surface area contributed by atoms with E-state index in [1.165, 1.54) is 5.56 Å². The van der Waals surface area contributed by atoms with Gasteiger partial charge in [-0.05, 0) is 56.0 Å². The minimum Gasteiger partial charge on any atom is -0.330 e. The summed E-state index contributed by atoms with van der Waals surface area (Å²) in [6.45, 7) is 8.80. The Bertz CT molecular complexity index is 491. The first-order valence-corrected chi connectivity index (χ1v) is 7.81. The molecule has 124 valence electrons. The number of halogens is 1. The number of rotatable bonds is 5. The van der Waals surface area contributed by atoms with Crippen molar-refractivity contribution in [1.82, 2.24) is 4.90 Å². The summed E-state index contributed by atoms with van der Waals surface area (Å²) in [5.41, 5.74) is 8.12. The summed E-state index contributed by atoms with van der Waals surface area (Å²) in [5.74, 6) is 0.0560. The number of nitrogens with one attached hydrogen (secondary N) is 1. The molecule has 0 spiro atoms. The number of nitrogens with two attached hydrogens (primary N) is 1. The van der Waals surface area contributed by atoms with Crippen LogP contribution in [0.1, 0.15) is 32.8 Å². The molecule has 2 atom stereocenters. The van der Waals surface area contributed by atoms with E-state index in [1.807, 2.05) is 19.1 Å². The Morgan fingerprint density at radius 2 is 2.05 bits per heavy atom. The quantitative estimate of drug-likeness (QED) is 0.875. The predicted octanol–water partition coefficient (Wildman–Crippen LogP) is 2.67. The van der Waals surface area contributed by atoms with E-state index in [1.54, 1.807) is 0 Å². The highest BCUT2D eigenvalue weighted by molar-refractivity contribution is 5.94. The Balaban J connectivity index is 0.00000242. The fourth-order valence-corrected chi connectivity index (χ4v) is 2.80. The summed E-state index contributed by atoms with van der Waals surface area (Å²) in [7, 11) is 0. The van der Waals surface area contributed by atoms with Gasteiger partial charge in [0.05, 0.1) is 6.04 Å². The average Bonchev–Trinajstić information content (AvgIpc) is 2.90. The second-order valence-electron chi connectivity index (χ2n) is 6.45. The van der Waals surface area contributed by atoms with Gasteiger partial charge in [0.1, 0.15) is 0 Å². The molecule has 0 radical (unpaired) electrons. The molecule has 1 aromatic carbocycles. The van der Waals surface area contributed by atoms with Crippen LogP contribution in [0, 0.1) is 5.41 Å². The van der Waals surface area contributed by atoms with Crippen molar-refractivity contribution >= 4 is 24.0 Å². The van der Waals surface area contributed by atoms with Gasteiger partial charge in [0.2, 0.25) is 5.91 Å². The van der Waals surface area contributed by atoms with Gasteiger partial charge in [-0.15, -0.1) is 12.4 Å². The molecule has 3 N–H and O–H groups in total. The van der Waals surface area contributed by atoms with Crippen molar-refractivity contribution < 1.29 is 4.79 Å². The Hall–Kier alpha value is -1.10. The van der Waals surface area contributed by atoms with Crippen LogP contribution in [-0.2, 0) is 11.2 Å². The molecule has 22 heavy (non-hydrogen) atoms. The number of carbonyl (C=O) groups excluding carboxylic acids is 1. The summed E-state index contributed by atoms with van der Waals surface area (Å²) >= 11 is 0. The van der Waals surface area contributed by atoms with E-state index in [-0.39, 0.29) is 29.8 Å². The number of hydrogen-bond acceptors (Lipinski definition) is 3. The maximum atomic E-state index is 12.4. The molecule has 0 bridgehead atoms. The molecule has 0 saturated carbocycles. The van der Waals surface area contributed by atoms with Crippen molar-refractivity contribution in [2.24, 2.45) is 11.1 Å². The van der Waals surface area contributed by atoms with Crippen LogP contribution in [0.25, 0.3) is 0 Å². The van der Waals surface area contributed by atoms with Crippen LogP contribution in [0.5, 0.6) is 0 Å². The van der Waals surface area contributed by atoms with Crippen molar-refractivity contribution in [1.29, 1.82) is 0 Å². The van der Waals surface area contributed by atoms with Crippen molar-refractivity contribution in [2.75, 3.05) is 25.0 Å². The molecule has 1 aliphatic rings. The molecule has 1 amide bonds. The largest absolute Gasteiger partial charge is 0.330 e. The third-order valence-electron chi connectivity index (χ3n) is 4.64. The summed E-state index contributed by atoms with van der Waals surface area (Å²) in [4.78, 5) is 14.6. The van der Waals surface area contributed by atoms with Crippen LogP contribution in [0.3, 0.4) is 0 Å². The maximum absolute atomic E-state index is 12.4. The zero-order valence-electron chi connectivity index (χ0n) is 13.8. The van der Waals surface area contributed by atoms with Gasteiger partial charge in [0, 0.05) is 12.2 Å². The molecule has 1 fully saturated rings. The van der Waals surface area contributed by atoms with Crippen molar-refractivity contribution in [3.8, 4) is 0 Å². The van der Waals surface area contributed by atoms with Crippen LogP contribution in [0.15, 0.2) is 24.3 Å². The smallest absolute Gasteiger partial charge is 0.241 e. The van der Waals surface area contributed by atoms with Gasteiger partial charge in [-0.1, -0.05) is 26.0 Å². The van der Waals surface area contributed by atoms with E-state index in [0.29, 0.717) is 6.54 Å². The van der Waals surface area contributed by atoms with E-state index >= 15 is 0 Å². The Labute approximate surface area is 139 Å². The molecule has 1 aliphatic heterocycles. The molecule has 2 unspecified atom stereocenters. The highest BCUT2D eigenvalue weighted by Crippen LogP contribution is 2.29. The zero-order valence-corrected chi connectivity index (χ0v) is 14.6. The Morgan fingerprint density at radius 1 is 1.41 bits per heavy atom. The number of anilines is 1. The zero-order chi connectivity index (χ0) is 15.5. The number of likely N-dealkylation sites (tertiary alicyclic amines) is 1. The lowest BCUT2D eigenvalue weighted by Gasteiger charge is -2.26. The molecule has 2 rings (SSSR count). The Kier molecular flexibility index (Phi) is 6.85. The first-order valence-electron chi connectivity index (χ1n) is 7.81. The van der Waals surface area contributed by atoms with Crippen molar-refractivity contribution in [3.05, 3.63) is 29.8 Å². The van der Waals surface area contributed by atoms with E-state index in [0.717, 1.165) is 31.6 Å². The van der Waals surface area contributed by atoms with Crippen molar-refractivity contribution in [3.63, 3.8) is 0 Å². The van der Waals surface area contributed by atoms with Gasteiger partial charge in [-0.25, -0.2) is 0 Å². The molecule has 1 heterocycles. The minimum absolute atomic E-state index is 0. The van der Waals surface area contributed by atoms with E-state index in [2.05, 4.69) is 36.2 Å². The second-order valence-corrected chi connectivity index (χ2v) is 6.45. The first kappa shape index (κ1) is 18.9. The lowest BCUT2D eigenvalue weighted by atomic mass is 9.90. The SMILES string of the molecule is CCc1ccc(NC(=O)C(C)N2CCC(C)(CN)C2)cc1.Cl. The number of amides is 1. The molecule has 0 aromatic heterocycles. The highest BCUT2D eigenvalue weighted by Gasteiger charge is 2.36. The van der Waals surface area contributed by atoms with Gasteiger partial charge in [0.25, 0.3) is 0 Å². The monoisotopic (exact) mass is 325 g/mol. The minimum atomic E-state index is -0.121. The number of benzene rings is 1. The van der Waals surface area contributed by atoms with Crippen LogP contribution in [-0.4, -0.2) is 36.5 Å². The van der Waals surface area contributed by atoms with E-state index < -0.39 is 0 Å². The van der Waals surface area contributed by atoms with Gasteiger partial charge < -0.3 is 11.1 Å². The first-order chi connectivity index (χ1) is 9.97. The molecule has 1 aromatic rings. The number of aryl methyl sites for hydroxylation is 1. The fraction of sp³-hybridized carbons (Fsp3) is 0.588. The van der Waals surface area contributed by atoms with Crippen LogP contribution in [0.4, 0.5) is 5.69 Å². The van der Waals surface area contributed by atoms with Gasteiger partial charge in [0.15, 0.2) is 0 Å². The standard InChI is InChI=1S/C17H27N3O.ClH/c1-4-14-5-7-15(8-6-14)19-16(21)13(2)20-10-9-17(3,11-18)12-20;/h5-8,13H,4,9-12,18H2,1-3H3,(H,19,21);1H. The van der Waals surface area contributed by atoms with Crippen molar-refractivity contribution in [2.45, 2.75) is 39.7 Å². The van der Waals surface area contributed by atoms with Gasteiger partial charge in [-0.3, -0.25) is 9.69 Å². The summed E-state index contributed by atoms with van der Waals surface area (Å²) in [6, 6.07) is 7.93. The molecular formula is C17H28ClN3O. The third kappa shape index (κ3) is 4.45. The number of carbonyl (C=O) groups is 1.